The number of aliphatic hydroxyl groups is 1. The molecule has 1 saturated carbocycles. The molecule has 28 heavy (non-hydrogen) atoms. The van der Waals surface area contributed by atoms with Gasteiger partial charge in [-0.25, -0.2) is 0 Å². The van der Waals surface area contributed by atoms with Crippen molar-refractivity contribution in [3.05, 3.63) is 59.5 Å². The van der Waals surface area contributed by atoms with Gasteiger partial charge in [-0.05, 0) is 31.2 Å². The van der Waals surface area contributed by atoms with Crippen molar-refractivity contribution >= 4 is 5.91 Å². The summed E-state index contributed by atoms with van der Waals surface area (Å²) in [4.78, 5) is 15.0. The molecule has 0 radical (unpaired) electrons. The molecule has 144 valence electrons. The van der Waals surface area contributed by atoms with Crippen molar-refractivity contribution in [2.75, 3.05) is 6.54 Å². The minimum Gasteiger partial charge on any atom is -0.386 e. The van der Waals surface area contributed by atoms with Gasteiger partial charge in [-0.15, -0.1) is 0 Å². The zero-order valence-corrected chi connectivity index (χ0v) is 15.5. The third kappa shape index (κ3) is 3.11. The highest BCUT2D eigenvalue weighted by Gasteiger charge is 2.33. The van der Waals surface area contributed by atoms with Crippen molar-refractivity contribution in [2.24, 2.45) is 5.92 Å². The van der Waals surface area contributed by atoms with E-state index >= 15 is 0 Å². The minimum atomic E-state index is -0.494. The molecule has 1 amide bonds. The first-order chi connectivity index (χ1) is 13.7. The molecule has 0 spiro atoms. The summed E-state index contributed by atoms with van der Waals surface area (Å²) in [7, 11) is 0. The maximum absolute atomic E-state index is 13.2. The molecule has 0 unspecified atom stereocenters. The van der Waals surface area contributed by atoms with Gasteiger partial charge in [0.25, 0.3) is 5.91 Å². The lowest BCUT2D eigenvalue weighted by atomic mass is 10.1. The third-order valence-corrected chi connectivity index (χ3v) is 5.53. The summed E-state index contributed by atoms with van der Waals surface area (Å²) in [5.41, 5.74) is 2.98. The monoisotopic (exact) mass is 378 g/mol. The van der Waals surface area contributed by atoms with Gasteiger partial charge in [0.05, 0.1) is 24.1 Å². The fourth-order valence-corrected chi connectivity index (χ4v) is 3.82. The Labute approximate surface area is 162 Å². The van der Waals surface area contributed by atoms with Crippen molar-refractivity contribution in [1.29, 1.82) is 0 Å². The molecule has 7 nitrogen and oxygen atoms in total. The highest BCUT2D eigenvalue weighted by molar-refractivity contribution is 5.99. The smallest absolute Gasteiger partial charge is 0.259 e. The fourth-order valence-electron chi connectivity index (χ4n) is 3.82. The largest absolute Gasteiger partial charge is 0.386 e. The van der Waals surface area contributed by atoms with E-state index in [4.69, 9.17) is 4.52 Å². The molecule has 1 N–H and O–H groups in total. The summed E-state index contributed by atoms with van der Waals surface area (Å²) < 4.78 is 7.31. The van der Waals surface area contributed by atoms with Gasteiger partial charge in [0, 0.05) is 18.7 Å². The average molecular weight is 378 g/mol. The Kier molecular flexibility index (Phi) is 4.24. The number of aromatic nitrogens is 3. The second-order valence-corrected chi connectivity index (χ2v) is 7.58. The average Bonchev–Trinajstić information content (AvgIpc) is 3.38. The Morgan fingerprint density at radius 1 is 1.21 bits per heavy atom. The lowest BCUT2D eigenvalue weighted by Gasteiger charge is -2.19. The molecule has 2 aromatic heterocycles. The van der Waals surface area contributed by atoms with Crippen LogP contribution in [-0.2, 0) is 13.1 Å². The van der Waals surface area contributed by atoms with Crippen LogP contribution in [0, 0.1) is 5.92 Å². The zero-order chi connectivity index (χ0) is 19.1. The predicted molar refractivity (Wildman–Crippen MR) is 101 cm³/mol. The predicted octanol–water partition coefficient (Wildman–Crippen LogP) is 3.03. The number of aryl methyl sites for hydroxylation is 1. The SMILES string of the molecule is O=C(c1cnoc1-c1ccccc1)N1CCCn2nc([C@@H](O)C3CC3)cc2C1. The number of hydrogen-bond donors (Lipinski definition) is 1. The molecule has 7 heteroatoms. The lowest BCUT2D eigenvalue weighted by molar-refractivity contribution is 0.0746. The summed E-state index contributed by atoms with van der Waals surface area (Å²) in [6.45, 7) is 1.84. The maximum atomic E-state index is 13.2. The standard InChI is InChI=1S/C21H22N4O3/c26-19(14-7-8-14)18-11-16-13-24(9-4-10-25(16)23-18)21(27)17-12-22-28-20(17)15-5-2-1-3-6-15/h1-3,5-6,11-12,14,19,26H,4,7-10,13H2/t19-/m0/s1. The van der Waals surface area contributed by atoms with Gasteiger partial charge < -0.3 is 14.5 Å². The lowest BCUT2D eigenvalue weighted by Crippen LogP contribution is -2.30. The number of rotatable bonds is 4. The molecule has 1 aromatic carbocycles. The number of benzene rings is 1. The number of hydrogen-bond acceptors (Lipinski definition) is 5. The number of nitrogens with zero attached hydrogens (tertiary/aromatic N) is 4. The molecule has 1 fully saturated rings. The van der Waals surface area contributed by atoms with Gasteiger partial charge in [-0.3, -0.25) is 9.48 Å². The molecule has 3 heterocycles. The van der Waals surface area contributed by atoms with Crippen LogP contribution in [0.25, 0.3) is 11.3 Å². The van der Waals surface area contributed by atoms with E-state index in [1.165, 1.54) is 6.20 Å². The van der Waals surface area contributed by atoms with E-state index in [1.807, 2.05) is 46.0 Å². The van der Waals surface area contributed by atoms with Crippen LogP contribution < -0.4 is 0 Å². The molecule has 3 aromatic rings. The number of amides is 1. The van der Waals surface area contributed by atoms with Crippen LogP contribution in [0.5, 0.6) is 0 Å². The van der Waals surface area contributed by atoms with E-state index in [1.54, 1.807) is 0 Å². The van der Waals surface area contributed by atoms with Gasteiger partial charge in [-0.2, -0.15) is 5.10 Å². The first-order valence-electron chi connectivity index (χ1n) is 9.75. The highest BCUT2D eigenvalue weighted by Crippen LogP contribution is 2.40. The quantitative estimate of drug-likeness (QED) is 0.754. The zero-order valence-electron chi connectivity index (χ0n) is 15.5. The molecule has 1 aliphatic heterocycles. The number of carbonyl (C=O) groups is 1. The van der Waals surface area contributed by atoms with E-state index in [-0.39, 0.29) is 5.91 Å². The van der Waals surface area contributed by atoms with Crippen LogP contribution in [0.4, 0.5) is 0 Å². The van der Waals surface area contributed by atoms with Crippen molar-refractivity contribution in [1.82, 2.24) is 19.8 Å². The molecular weight excluding hydrogens is 356 g/mol. The van der Waals surface area contributed by atoms with Crippen molar-refractivity contribution in [2.45, 2.75) is 38.5 Å². The van der Waals surface area contributed by atoms with Gasteiger partial charge in [0.1, 0.15) is 11.7 Å². The van der Waals surface area contributed by atoms with Crippen molar-refractivity contribution in [3.8, 4) is 11.3 Å². The minimum absolute atomic E-state index is 0.0981. The van der Waals surface area contributed by atoms with Crippen LogP contribution in [0.3, 0.4) is 0 Å². The molecular formula is C21H22N4O3. The van der Waals surface area contributed by atoms with Gasteiger partial charge in [0.15, 0.2) is 5.76 Å². The summed E-state index contributed by atoms with van der Waals surface area (Å²) in [6.07, 6.45) is 3.93. The highest BCUT2D eigenvalue weighted by atomic mass is 16.5. The summed E-state index contributed by atoms with van der Waals surface area (Å²) in [5.74, 6) is 0.731. The van der Waals surface area contributed by atoms with Crippen molar-refractivity contribution in [3.63, 3.8) is 0 Å². The molecule has 1 atom stereocenters. The topological polar surface area (TPSA) is 84.4 Å². The Morgan fingerprint density at radius 2 is 2.04 bits per heavy atom. The summed E-state index contributed by atoms with van der Waals surface area (Å²) >= 11 is 0. The fraction of sp³-hybridized carbons (Fsp3) is 0.381. The van der Waals surface area contributed by atoms with Gasteiger partial charge >= 0.3 is 0 Å². The van der Waals surface area contributed by atoms with Crippen LogP contribution in [0.1, 0.15) is 47.1 Å². The molecule has 0 saturated heterocycles. The van der Waals surface area contributed by atoms with Crippen LogP contribution in [0.15, 0.2) is 47.1 Å². The van der Waals surface area contributed by atoms with E-state index in [2.05, 4.69) is 10.3 Å². The number of carbonyl (C=O) groups excluding carboxylic acids is 1. The maximum Gasteiger partial charge on any atom is 0.259 e. The van der Waals surface area contributed by atoms with Gasteiger partial charge in [-0.1, -0.05) is 35.5 Å². The summed E-state index contributed by atoms with van der Waals surface area (Å²) in [6, 6.07) is 11.5. The van der Waals surface area contributed by atoms with Crippen LogP contribution >= 0.6 is 0 Å². The Morgan fingerprint density at radius 3 is 2.82 bits per heavy atom. The second kappa shape index (κ2) is 6.91. The first-order valence-corrected chi connectivity index (χ1v) is 9.75. The van der Waals surface area contributed by atoms with Gasteiger partial charge in [0.2, 0.25) is 0 Å². The summed E-state index contributed by atoms with van der Waals surface area (Å²) in [5, 5.41) is 18.8. The third-order valence-electron chi connectivity index (χ3n) is 5.53. The van der Waals surface area contributed by atoms with Crippen LogP contribution in [-0.4, -0.2) is 37.4 Å². The van der Waals surface area contributed by atoms with E-state index in [9.17, 15) is 9.90 Å². The van der Waals surface area contributed by atoms with Crippen LogP contribution in [0.2, 0.25) is 0 Å². The molecule has 2 aliphatic rings. The first kappa shape index (κ1) is 17.2. The molecule has 0 bridgehead atoms. The van der Waals surface area contributed by atoms with E-state index in [0.29, 0.717) is 30.3 Å². The van der Waals surface area contributed by atoms with Crippen molar-refractivity contribution < 1.29 is 14.4 Å². The van der Waals surface area contributed by atoms with E-state index in [0.717, 1.165) is 42.8 Å². The van der Waals surface area contributed by atoms with E-state index < -0.39 is 6.10 Å². The molecule has 1 aliphatic carbocycles. The Bertz CT molecular complexity index is 990. The number of aliphatic hydroxyl groups excluding tert-OH is 1. The Hall–Kier alpha value is -2.93. The Balaban J connectivity index is 1.40. The number of fused-ring (bicyclic) bond motifs is 1. The molecule has 5 rings (SSSR count). The normalized spacial score (nSPS) is 17.8. The second-order valence-electron chi connectivity index (χ2n) is 7.58.